The number of benzene rings is 1. The van der Waals surface area contributed by atoms with E-state index in [1.807, 2.05) is 12.1 Å². The lowest BCUT2D eigenvalue weighted by atomic mass is 10.2. The minimum absolute atomic E-state index is 0.0638. The van der Waals surface area contributed by atoms with E-state index >= 15 is 0 Å². The van der Waals surface area contributed by atoms with Gasteiger partial charge in [0, 0.05) is 55.6 Å². The second-order valence-electron chi connectivity index (χ2n) is 9.77. The molecule has 0 radical (unpaired) electrons. The van der Waals surface area contributed by atoms with Crippen LogP contribution in [0.4, 0.5) is 10.2 Å². The number of halogens is 2. The molecule has 2 saturated heterocycles. The fourth-order valence-electron chi connectivity index (χ4n) is 4.88. The molecule has 12 heteroatoms. The van der Waals surface area contributed by atoms with Gasteiger partial charge < -0.3 is 24.0 Å². The number of aromatic carboxylic acids is 1. The van der Waals surface area contributed by atoms with Crippen molar-refractivity contribution >= 4 is 29.0 Å². The summed E-state index contributed by atoms with van der Waals surface area (Å²) in [5.74, 6) is 0.748. The molecule has 39 heavy (non-hydrogen) atoms. The van der Waals surface area contributed by atoms with Gasteiger partial charge in [0.1, 0.15) is 29.7 Å². The molecule has 6 rings (SSSR count). The van der Waals surface area contributed by atoms with Gasteiger partial charge in [-0.25, -0.2) is 13.7 Å². The van der Waals surface area contributed by atoms with Gasteiger partial charge in [0.15, 0.2) is 0 Å². The van der Waals surface area contributed by atoms with Gasteiger partial charge in [0.25, 0.3) is 0 Å². The molecule has 10 nitrogen and oxygen atoms in total. The molecule has 204 valence electrons. The zero-order valence-electron chi connectivity index (χ0n) is 21.2. The van der Waals surface area contributed by atoms with Crippen LogP contribution < -0.4 is 9.64 Å². The van der Waals surface area contributed by atoms with Gasteiger partial charge in [-0.1, -0.05) is 23.7 Å². The van der Waals surface area contributed by atoms with Crippen molar-refractivity contribution in [3.05, 3.63) is 76.5 Å². The predicted molar refractivity (Wildman–Crippen MR) is 142 cm³/mol. The van der Waals surface area contributed by atoms with Crippen LogP contribution in [0.1, 0.15) is 28.2 Å². The molecular weight excluding hydrogens is 527 g/mol. The number of fused-ring (bicyclic) bond motifs is 1. The standard InChI is InChI=1S/C27H28ClFN6O4/c28-20-5-4-18(22(29)13-20)17-39-25-3-1-2-23(30-25)33-9-7-32(8-10-33)16-24-31-35-14-19(27(36)37)12-26(35)34(24)15-21-6-11-38-21/h1-5,12-14,21H,6-11,15-17H2,(H,36,37). The first kappa shape index (κ1) is 25.6. The third-order valence-corrected chi connectivity index (χ3v) is 7.41. The number of piperazine rings is 1. The second kappa shape index (κ2) is 10.8. The maximum Gasteiger partial charge on any atom is 0.337 e. The van der Waals surface area contributed by atoms with Crippen LogP contribution in [0.3, 0.4) is 0 Å². The fourth-order valence-corrected chi connectivity index (χ4v) is 5.04. The summed E-state index contributed by atoms with van der Waals surface area (Å²) in [5.41, 5.74) is 1.40. The number of carbonyl (C=O) groups is 1. The van der Waals surface area contributed by atoms with E-state index in [0.29, 0.717) is 29.6 Å². The first-order valence-electron chi connectivity index (χ1n) is 12.9. The highest BCUT2D eigenvalue weighted by atomic mass is 35.5. The molecule has 1 unspecified atom stereocenters. The molecule has 4 aromatic rings. The van der Waals surface area contributed by atoms with Crippen molar-refractivity contribution in [3.8, 4) is 5.88 Å². The Balaban J connectivity index is 1.09. The number of hydrogen-bond acceptors (Lipinski definition) is 7. The van der Waals surface area contributed by atoms with Crippen molar-refractivity contribution in [1.29, 1.82) is 0 Å². The number of nitrogens with zero attached hydrogens (tertiary/aromatic N) is 6. The van der Waals surface area contributed by atoms with Gasteiger partial charge in [-0.2, -0.15) is 10.1 Å². The van der Waals surface area contributed by atoms with Crippen LogP contribution in [0, 0.1) is 5.82 Å². The van der Waals surface area contributed by atoms with Crippen LogP contribution in [0.5, 0.6) is 5.88 Å². The largest absolute Gasteiger partial charge is 0.478 e. The lowest BCUT2D eigenvalue weighted by Crippen LogP contribution is -2.46. The summed E-state index contributed by atoms with van der Waals surface area (Å²) in [7, 11) is 0. The van der Waals surface area contributed by atoms with Crippen molar-refractivity contribution in [1.82, 2.24) is 24.1 Å². The number of hydrogen-bond donors (Lipinski definition) is 1. The van der Waals surface area contributed by atoms with E-state index in [2.05, 4.69) is 19.4 Å². The Morgan fingerprint density at radius 1 is 1.18 bits per heavy atom. The number of ether oxygens (including phenoxy) is 2. The van der Waals surface area contributed by atoms with E-state index in [9.17, 15) is 14.3 Å². The number of aromatic nitrogens is 4. The molecule has 2 fully saturated rings. The number of anilines is 1. The lowest BCUT2D eigenvalue weighted by Gasteiger charge is -2.35. The second-order valence-corrected chi connectivity index (χ2v) is 10.2. The van der Waals surface area contributed by atoms with Crippen molar-refractivity contribution in [3.63, 3.8) is 0 Å². The van der Waals surface area contributed by atoms with Gasteiger partial charge in [0.2, 0.25) is 5.88 Å². The van der Waals surface area contributed by atoms with Gasteiger partial charge in [-0.05, 0) is 30.7 Å². The Hall–Kier alpha value is -3.67. The normalized spacial score (nSPS) is 17.9. The summed E-state index contributed by atoms with van der Waals surface area (Å²) in [4.78, 5) is 20.6. The SMILES string of the molecule is O=C(O)c1cc2n(CC3CCO3)c(CN3CCN(c4cccc(OCc5ccc(Cl)cc5F)n4)CC3)nn2c1. The zero-order chi connectivity index (χ0) is 26.9. The van der Waals surface area contributed by atoms with Crippen LogP contribution in [-0.2, 0) is 24.4 Å². The first-order valence-corrected chi connectivity index (χ1v) is 13.2. The van der Waals surface area contributed by atoms with Crippen LogP contribution in [0.15, 0.2) is 48.7 Å². The molecule has 0 saturated carbocycles. The average molecular weight is 555 g/mol. The highest BCUT2D eigenvalue weighted by Crippen LogP contribution is 2.23. The maximum atomic E-state index is 14.1. The van der Waals surface area contributed by atoms with Crippen molar-refractivity contribution < 1.29 is 23.8 Å². The first-order chi connectivity index (χ1) is 18.9. The third kappa shape index (κ3) is 5.56. The third-order valence-electron chi connectivity index (χ3n) is 7.18. The Labute approximate surface area is 229 Å². The quantitative estimate of drug-likeness (QED) is 0.334. The minimum Gasteiger partial charge on any atom is -0.478 e. The van der Waals surface area contributed by atoms with Crippen molar-refractivity contribution in [2.45, 2.75) is 32.2 Å². The topological polar surface area (TPSA) is 97.4 Å². The predicted octanol–water partition coefficient (Wildman–Crippen LogP) is 3.71. The van der Waals surface area contributed by atoms with Crippen LogP contribution >= 0.6 is 11.6 Å². The monoisotopic (exact) mass is 554 g/mol. The van der Waals surface area contributed by atoms with E-state index < -0.39 is 11.8 Å². The highest BCUT2D eigenvalue weighted by Gasteiger charge is 2.25. The molecule has 0 spiro atoms. The molecule has 0 amide bonds. The van der Waals surface area contributed by atoms with Gasteiger partial charge in [-0.15, -0.1) is 0 Å². The molecule has 1 N–H and O–H groups in total. The minimum atomic E-state index is -0.968. The molecule has 1 aromatic carbocycles. The Morgan fingerprint density at radius 2 is 2.00 bits per heavy atom. The Bertz CT molecular complexity index is 1490. The average Bonchev–Trinajstić information content (AvgIpc) is 3.45. The summed E-state index contributed by atoms with van der Waals surface area (Å²) >= 11 is 5.83. The van der Waals surface area contributed by atoms with Crippen LogP contribution in [-0.4, -0.2) is 74.0 Å². The molecule has 0 bridgehead atoms. The van der Waals surface area contributed by atoms with Gasteiger partial charge in [0.05, 0.1) is 24.8 Å². The van der Waals surface area contributed by atoms with Crippen molar-refractivity contribution in [2.75, 3.05) is 37.7 Å². The summed E-state index contributed by atoms with van der Waals surface area (Å²) in [5, 5.41) is 14.4. The van der Waals surface area contributed by atoms with E-state index in [-0.39, 0.29) is 18.3 Å². The van der Waals surface area contributed by atoms with Crippen LogP contribution in [0.25, 0.3) is 5.65 Å². The summed E-state index contributed by atoms with van der Waals surface area (Å²) in [6, 6.07) is 11.8. The van der Waals surface area contributed by atoms with Gasteiger partial charge in [-0.3, -0.25) is 4.90 Å². The molecular formula is C27H28ClFN6O4. The molecule has 1 atom stereocenters. The maximum absolute atomic E-state index is 14.1. The van der Waals surface area contributed by atoms with E-state index in [0.717, 1.165) is 56.5 Å². The summed E-state index contributed by atoms with van der Waals surface area (Å²) in [6.07, 6.45) is 2.66. The lowest BCUT2D eigenvalue weighted by molar-refractivity contribution is -0.0592. The molecule has 3 aromatic heterocycles. The number of carboxylic acid groups (broad SMARTS) is 1. The van der Waals surface area contributed by atoms with E-state index in [4.69, 9.17) is 26.2 Å². The highest BCUT2D eigenvalue weighted by molar-refractivity contribution is 6.30. The summed E-state index contributed by atoms with van der Waals surface area (Å²) < 4.78 is 29.2. The zero-order valence-corrected chi connectivity index (χ0v) is 21.9. The number of carboxylic acids is 1. The Morgan fingerprint density at radius 3 is 2.72 bits per heavy atom. The molecule has 2 aliphatic rings. The molecule has 0 aliphatic carbocycles. The molecule has 2 aliphatic heterocycles. The van der Waals surface area contributed by atoms with E-state index in [1.165, 1.54) is 6.07 Å². The van der Waals surface area contributed by atoms with E-state index in [1.54, 1.807) is 35.0 Å². The number of pyridine rings is 1. The smallest absolute Gasteiger partial charge is 0.337 e. The summed E-state index contributed by atoms with van der Waals surface area (Å²) in [6.45, 7) is 5.29. The fraction of sp³-hybridized carbons (Fsp3) is 0.370. The van der Waals surface area contributed by atoms with Crippen molar-refractivity contribution in [2.24, 2.45) is 0 Å². The van der Waals surface area contributed by atoms with Crippen LogP contribution in [0.2, 0.25) is 5.02 Å². The molecule has 5 heterocycles. The number of rotatable bonds is 9. The Kier molecular flexibility index (Phi) is 7.11. The van der Waals surface area contributed by atoms with Gasteiger partial charge >= 0.3 is 5.97 Å².